The van der Waals surface area contributed by atoms with Gasteiger partial charge in [-0.15, -0.1) is 0 Å². The topological polar surface area (TPSA) is 69.3 Å². The van der Waals surface area contributed by atoms with E-state index in [1.54, 1.807) is 12.3 Å². The van der Waals surface area contributed by atoms with E-state index in [9.17, 15) is 4.79 Å². The summed E-state index contributed by atoms with van der Waals surface area (Å²) in [6.07, 6.45) is 1.76. The molecule has 1 aromatic heterocycles. The van der Waals surface area contributed by atoms with Crippen LogP contribution in [-0.4, -0.2) is 17.1 Å². The minimum Gasteiger partial charge on any atom is -0.492 e. The molecule has 0 radical (unpaired) electrons. The second-order valence-corrected chi connectivity index (χ2v) is 4.83. The number of rotatable bonds is 5. The zero-order valence-electron chi connectivity index (χ0n) is 12.6. The molecule has 21 heavy (non-hydrogen) atoms. The Hall–Kier alpha value is -2.43. The molecule has 0 atom stereocenters. The van der Waals surface area contributed by atoms with Gasteiger partial charge in [0.1, 0.15) is 11.4 Å². The van der Waals surface area contributed by atoms with E-state index in [0.29, 0.717) is 36.0 Å². The number of carbonyl (C=O) groups excluding carboxylic acids is 1. The molecule has 0 aliphatic rings. The highest BCUT2D eigenvalue weighted by Crippen LogP contribution is 2.26. The Bertz CT molecular complexity index is 647. The van der Waals surface area contributed by atoms with Crippen LogP contribution in [0.15, 0.2) is 30.5 Å². The molecule has 2 rings (SSSR count). The number of nitrogens with zero attached hydrogens (tertiary/aromatic N) is 1. The summed E-state index contributed by atoms with van der Waals surface area (Å²) in [5, 5.41) is 2.89. The van der Waals surface area contributed by atoms with Gasteiger partial charge >= 0.3 is 0 Å². The molecule has 5 nitrogen and oxygen atoms in total. The van der Waals surface area contributed by atoms with Crippen molar-refractivity contribution in [3.8, 4) is 5.75 Å². The molecule has 112 valence electrons. The van der Waals surface area contributed by atoms with Crippen LogP contribution in [0.2, 0.25) is 0 Å². The number of nitrogens with two attached hydrogens (primary N) is 1. The van der Waals surface area contributed by atoms with Crippen molar-refractivity contribution in [2.75, 3.05) is 17.7 Å². The van der Waals surface area contributed by atoms with Gasteiger partial charge < -0.3 is 20.4 Å². The molecular formula is C16H21N3O2. The number of aryl methyl sites for hydroxylation is 2. The second kappa shape index (κ2) is 6.35. The fourth-order valence-electron chi connectivity index (χ4n) is 2.18. The van der Waals surface area contributed by atoms with Crippen LogP contribution in [0.3, 0.4) is 0 Å². The number of benzene rings is 1. The van der Waals surface area contributed by atoms with Gasteiger partial charge in [-0.1, -0.05) is 6.07 Å². The summed E-state index contributed by atoms with van der Waals surface area (Å²) in [5.74, 6) is 0.479. The van der Waals surface area contributed by atoms with Crippen molar-refractivity contribution in [2.24, 2.45) is 0 Å². The molecule has 1 aromatic carbocycles. The van der Waals surface area contributed by atoms with Crippen LogP contribution in [0.1, 0.15) is 29.9 Å². The summed E-state index contributed by atoms with van der Waals surface area (Å²) in [4.78, 5) is 12.4. The lowest BCUT2D eigenvalue weighted by Crippen LogP contribution is -2.17. The molecular weight excluding hydrogens is 266 g/mol. The number of nitrogens with one attached hydrogen (secondary N) is 1. The van der Waals surface area contributed by atoms with E-state index in [0.717, 1.165) is 5.56 Å². The van der Waals surface area contributed by atoms with E-state index >= 15 is 0 Å². The zero-order valence-corrected chi connectivity index (χ0v) is 12.6. The zero-order chi connectivity index (χ0) is 15.4. The number of hydrogen-bond acceptors (Lipinski definition) is 3. The van der Waals surface area contributed by atoms with Crippen LogP contribution >= 0.6 is 0 Å². The molecule has 0 bridgehead atoms. The number of carbonyl (C=O) groups is 1. The van der Waals surface area contributed by atoms with Gasteiger partial charge in [0.25, 0.3) is 5.91 Å². The largest absolute Gasteiger partial charge is 0.492 e. The Morgan fingerprint density at radius 1 is 1.33 bits per heavy atom. The van der Waals surface area contributed by atoms with E-state index in [1.807, 2.05) is 43.5 Å². The Balaban J connectivity index is 2.26. The van der Waals surface area contributed by atoms with Gasteiger partial charge in [-0.25, -0.2) is 0 Å². The van der Waals surface area contributed by atoms with Gasteiger partial charge in [0.15, 0.2) is 0 Å². The normalized spacial score (nSPS) is 10.4. The Labute approximate surface area is 124 Å². The Morgan fingerprint density at radius 2 is 2.10 bits per heavy atom. The minimum atomic E-state index is -0.196. The van der Waals surface area contributed by atoms with Crippen LogP contribution in [0.5, 0.6) is 5.75 Å². The summed E-state index contributed by atoms with van der Waals surface area (Å²) in [6, 6.07) is 7.37. The van der Waals surface area contributed by atoms with Crippen molar-refractivity contribution in [1.82, 2.24) is 4.57 Å². The SMILES string of the molecule is CCOc1cc(C)ccc1NC(=O)c1cc(N)cn1CC. The maximum absolute atomic E-state index is 12.4. The van der Waals surface area contributed by atoms with Gasteiger partial charge in [0.05, 0.1) is 18.0 Å². The highest BCUT2D eigenvalue weighted by Gasteiger charge is 2.14. The minimum absolute atomic E-state index is 0.196. The standard InChI is InChI=1S/C16H21N3O2/c1-4-19-10-12(17)9-14(19)16(20)18-13-7-6-11(3)8-15(13)21-5-2/h6-10H,4-5,17H2,1-3H3,(H,18,20). The Morgan fingerprint density at radius 3 is 2.76 bits per heavy atom. The number of ether oxygens (including phenoxy) is 1. The van der Waals surface area contributed by atoms with E-state index < -0.39 is 0 Å². The van der Waals surface area contributed by atoms with E-state index in [2.05, 4.69) is 5.32 Å². The lowest BCUT2D eigenvalue weighted by molar-refractivity contribution is 0.101. The molecule has 1 amide bonds. The third kappa shape index (κ3) is 3.37. The summed E-state index contributed by atoms with van der Waals surface area (Å²) < 4.78 is 7.39. The molecule has 2 aromatic rings. The predicted molar refractivity (Wildman–Crippen MR) is 84.8 cm³/mol. The molecule has 3 N–H and O–H groups in total. The quantitative estimate of drug-likeness (QED) is 0.888. The molecule has 0 unspecified atom stereocenters. The van der Waals surface area contributed by atoms with Crippen LogP contribution in [0.25, 0.3) is 0 Å². The first kappa shape index (κ1) is 15.0. The van der Waals surface area contributed by atoms with Crippen LogP contribution in [0, 0.1) is 6.92 Å². The van der Waals surface area contributed by atoms with Crippen molar-refractivity contribution < 1.29 is 9.53 Å². The summed E-state index contributed by atoms with van der Waals surface area (Å²) in [6.45, 7) is 7.10. The predicted octanol–water partition coefficient (Wildman–Crippen LogP) is 3.05. The number of anilines is 2. The van der Waals surface area contributed by atoms with Crippen LogP contribution < -0.4 is 15.8 Å². The highest BCUT2D eigenvalue weighted by molar-refractivity contribution is 6.04. The molecule has 1 heterocycles. The van der Waals surface area contributed by atoms with Crippen LogP contribution in [-0.2, 0) is 6.54 Å². The van der Waals surface area contributed by atoms with Gasteiger partial charge in [0, 0.05) is 12.7 Å². The second-order valence-electron chi connectivity index (χ2n) is 4.83. The molecule has 0 saturated carbocycles. The maximum atomic E-state index is 12.4. The highest BCUT2D eigenvalue weighted by atomic mass is 16.5. The van der Waals surface area contributed by atoms with E-state index in [1.165, 1.54) is 0 Å². The lowest BCUT2D eigenvalue weighted by atomic mass is 10.2. The molecule has 0 aliphatic carbocycles. The number of amides is 1. The maximum Gasteiger partial charge on any atom is 0.272 e. The van der Waals surface area contributed by atoms with Gasteiger partial charge in [-0.2, -0.15) is 0 Å². The van der Waals surface area contributed by atoms with Crippen molar-refractivity contribution >= 4 is 17.3 Å². The van der Waals surface area contributed by atoms with Crippen molar-refractivity contribution in [1.29, 1.82) is 0 Å². The van der Waals surface area contributed by atoms with Crippen molar-refractivity contribution in [3.63, 3.8) is 0 Å². The van der Waals surface area contributed by atoms with E-state index in [4.69, 9.17) is 10.5 Å². The third-order valence-electron chi connectivity index (χ3n) is 3.18. The smallest absolute Gasteiger partial charge is 0.272 e. The first-order valence-electron chi connectivity index (χ1n) is 7.05. The number of aromatic nitrogens is 1. The molecule has 5 heteroatoms. The van der Waals surface area contributed by atoms with Gasteiger partial charge in [0.2, 0.25) is 0 Å². The Kier molecular flexibility index (Phi) is 4.52. The lowest BCUT2D eigenvalue weighted by Gasteiger charge is -2.13. The third-order valence-corrected chi connectivity index (χ3v) is 3.18. The van der Waals surface area contributed by atoms with Crippen molar-refractivity contribution in [2.45, 2.75) is 27.3 Å². The summed E-state index contributed by atoms with van der Waals surface area (Å²) in [7, 11) is 0. The monoisotopic (exact) mass is 287 g/mol. The van der Waals surface area contributed by atoms with Gasteiger partial charge in [-0.05, 0) is 44.5 Å². The van der Waals surface area contributed by atoms with Crippen LogP contribution in [0.4, 0.5) is 11.4 Å². The molecule has 0 saturated heterocycles. The summed E-state index contributed by atoms with van der Waals surface area (Å²) in [5.41, 5.74) is 8.62. The number of hydrogen-bond donors (Lipinski definition) is 2. The fraction of sp³-hybridized carbons (Fsp3) is 0.312. The van der Waals surface area contributed by atoms with Crippen molar-refractivity contribution in [3.05, 3.63) is 41.7 Å². The molecule has 0 fully saturated rings. The molecule has 0 aliphatic heterocycles. The summed E-state index contributed by atoms with van der Waals surface area (Å²) >= 11 is 0. The average Bonchev–Trinajstić information content (AvgIpc) is 2.83. The fourth-order valence-corrected chi connectivity index (χ4v) is 2.18. The first-order valence-corrected chi connectivity index (χ1v) is 7.05. The number of nitrogen functional groups attached to an aromatic ring is 1. The molecule has 0 spiro atoms. The van der Waals surface area contributed by atoms with E-state index in [-0.39, 0.29) is 5.91 Å². The first-order chi connectivity index (χ1) is 10.0. The average molecular weight is 287 g/mol. The van der Waals surface area contributed by atoms with Gasteiger partial charge in [-0.3, -0.25) is 4.79 Å².